The molecule has 1 N–H and O–H groups in total. The number of aliphatic hydroxyl groups is 1. The van der Waals surface area contributed by atoms with Crippen LogP contribution in [0.1, 0.15) is 59.8 Å². The molecule has 148 valence electrons. The van der Waals surface area contributed by atoms with Crippen LogP contribution in [0.4, 0.5) is 0 Å². The molecular weight excluding hydrogens is 330 g/mol. The normalized spacial score (nSPS) is 29.8. The van der Waals surface area contributed by atoms with Crippen LogP contribution in [0, 0.1) is 5.41 Å². The molecule has 0 aliphatic carbocycles. The number of carbonyl (C=O) groups excluding carboxylic acids is 2. The van der Waals surface area contributed by atoms with Gasteiger partial charge < -0.3 is 19.8 Å². The van der Waals surface area contributed by atoms with E-state index in [2.05, 4.69) is 4.90 Å². The molecule has 3 rings (SSSR count). The standard InChI is InChI=1S/C20H35N3O3/c1-15(24)21-9-5-17(6-10-21)22-11-7-20(8-12-22)13-18(26)19(3,4)23(14-20)16(2)25/h17-18,26H,5-14H2,1-4H3. The quantitative estimate of drug-likeness (QED) is 0.764. The average Bonchev–Trinajstić information content (AvgIpc) is 2.59. The molecule has 26 heavy (non-hydrogen) atoms. The fraction of sp³-hybridized carbons (Fsp3) is 0.900. The highest BCUT2D eigenvalue weighted by Gasteiger charge is 2.50. The molecule has 1 unspecified atom stereocenters. The van der Waals surface area contributed by atoms with Gasteiger partial charge in [-0.15, -0.1) is 0 Å². The van der Waals surface area contributed by atoms with Gasteiger partial charge in [-0.1, -0.05) is 0 Å². The number of piperidine rings is 3. The first-order chi connectivity index (χ1) is 12.1. The number of aliphatic hydroxyl groups excluding tert-OH is 1. The van der Waals surface area contributed by atoms with E-state index >= 15 is 0 Å². The zero-order chi connectivity index (χ0) is 19.1. The second kappa shape index (κ2) is 7.12. The number of hydrogen-bond donors (Lipinski definition) is 1. The van der Waals surface area contributed by atoms with E-state index in [-0.39, 0.29) is 17.2 Å². The Morgan fingerprint density at radius 1 is 0.962 bits per heavy atom. The first-order valence-corrected chi connectivity index (χ1v) is 10.1. The number of carbonyl (C=O) groups is 2. The van der Waals surface area contributed by atoms with Crippen LogP contribution in [0.3, 0.4) is 0 Å². The van der Waals surface area contributed by atoms with Crippen LogP contribution in [0.5, 0.6) is 0 Å². The number of likely N-dealkylation sites (tertiary alicyclic amines) is 3. The molecule has 0 aromatic rings. The lowest BCUT2D eigenvalue weighted by atomic mass is 9.67. The first kappa shape index (κ1) is 19.6. The fourth-order valence-corrected chi connectivity index (χ4v) is 5.23. The van der Waals surface area contributed by atoms with Gasteiger partial charge in [0.25, 0.3) is 0 Å². The van der Waals surface area contributed by atoms with Crippen molar-refractivity contribution in [3.63, 3.8) is 0 Å². The summed E-state index contributed by atoms with van der Waals surface area (Å²) in [5, 5.41) is 10.7. The van der Waals surface area contributed by atoms with E-state index in [1.54, 1.807) is 13.8 Å². The Morgan fingerprint density at radius 3 is 2.04 bits per heavy atom. The summed E-state index contributed by atoms with van der Waals surface area (Å²) in [5.74, 6) is 0.247. The molecule has 0 aromatic carbocycles. The van der Waals surface area contributed by atoms with Crippen molar-refractivity contribution in [3.8, 4) is 0 Å². The average molecular weight is 366 g/mol. The van der Waals surface area contributed by atoms with Crippen LogP contribution in [0.25, 0.3) is 0 Å². The Labute approximate surface area is 157 Å². The van der Waals surface area contributed by atoms with E-state index in [0.717, 1.165) is 64.8 Å². The molecule has 0 bridgehead atoms. The SMILES string of the molecule is CC(=O)N1CCC(N2CCC3(CC2)CC(O)C(C)(C)N(C(C)=O)C3)CC1. The largest absolute Gasteiger partial charge is 0.391 e. The second-order valence-electron chi connectivity index (χ2n) is 9.25. The lowest BCUT2D eigenvalue weighted by Crippen LogP contribution is -2.65. The van der Waals surface area contributed by atoms with Gasteiger partial charge in [0.1, 0.15) is 0 Å². The van der Waals surface area contributed by atoms with Crippen LogP contribution in [0.2, 0.25) is 0 Å². The Balaban J connectivity index is 1.59. The highest BCUT2D eigenvalue weighted by molar-refractivity contribution is 5.74. The van der Waals surface area contributed by atoms with Gasteiger partial charge in [-0.3, -0.25) is 9.59 Å². The van der Waals surface area contributed by atoms with Gasteiger partial charge in [0.15, 0.2) is 0 Å². The molecule has 6 heteroatoms. The van der Waals surface area contributed by atoms with Crippen LogP contribution in [0.15, 0.2) is 0 Å². The van der Waals surface area contributed by atoms with Crippen LogP contribution in [-0.2, 0) is 9.59 Å². The maximum Gasteiger partial charge on any atom is 0.219 e. The molecule has 3 aliphatic rings. The topological polar surface area (TPSA) is 64.1 Å². The first-order valence-electron chi connectivity index (χ1n) is 10.1. The summed E-state index contributed by atoms with van der Waals surface area (Å²) in [6, 6.07) is 0.566. The number of hydrogen-bond acceptors (Lipinski definition) is 4. The molecule has 6 nitrogen and oxygen atoms in total. The van der Waals surface area contributed by atoms with E-state index < -0.39 is 11.6 Å². The van der Waals surface area contributed by atoms with Gasteiger partial charge in [0, 0.05) is 39.5 Å². The Kier molecular flexibility index (Phi) is 5.37. The second-order valence-corrected chi connectivity index (χ2v) is 9.25. The van der Waals surface area contributed by atoms with Gasteiger partial charge >= 0.3 is 0 Å². The van der Waals surface area contributed by atoms with Crippen molar-refractivity contribution in [1.29, 1.82) is 0 Å². The maximum absolute atomic E-state index is 12.2. The van der Waals surface area contributed by atoms with Crippen molar-refractivity contribution >= 4 is 11.8 Å². The van der Waals surface area contributed by atoms with Crippen molar-refractivity contribution < 1.29 is 14.7 Å². The summed E-state index contributed by atoms with van der Waals surface area (Å²) in [7, 11) is 0. The van der Waals surface area contributed by atoms with Crippen molar-refractivity contribution in [2.75, 3.05) is 32.7 Å². The minimum atomic E-state index is -0.478. The van der Waals surface area contributed by atoms with Crippen LogP contribution in [-0.4, -0.2) is 82.0 Å². The van der Waals surface area contributed by atoms with Gasteiger partial charge in [-0.25, -0.2) is 0 Å². The molecule has 2 amide bonds. The van der Waals surface area contributed by atoms with E-state index in [4.69, 9.17) is 0 Å². The van der Waals surface area contributed by atoms with Crippen molar-refractivity contribution in [1.82, 2.24) is 14.7 Å². The molecule has 0 aromatic heterocycles. The molecule has 3 saturated heterocycles. The third-order valence-electron chi connectivity index (χ3n) is 7.30. The molecule has 0 saturated carbocycles. The third kappa shape index (κ3) is 3.63. The number of nitrogens with zero attached hydrogens (tertiary/aromatic N) is 3. The predicted octanol–water partition coefficient (Wildman–Crippen LogP) is 1.47. The van der Waals surface area contributed by atoms with Gasteiger partial charge in [-0.2, -0.15) is 0 Å². The summed E-state index contributed by atoms with van der Waals surface area (Å²) in [6.07, 6.45) is 4.52. The van der Waals surface area contributed by atoms with E-state index in [0.29, 0.717) is 6.04 Å². The zero-order valence-electron chi connectivity index (χ0n) is 16.8. The Morgan fingerprint density at radius 2 is 1.54 bits per heavy atom. The number of rotatable bonds is 1. The van der Waals surface area contributed by atoms with Crippen molar-refractivity contribution in [2.24, 2.45) is 5.41 Å². The number of amides is 2. The Bertz CT molecular complexity index is 547. The minimum Gasteiger partial charge on any atom is -0.391 e. The summed E-state index contributed by atoms with van der Waals surface area (Å²) in [4.78, 5) is 30.1. The molecule has 3 aliphatic heterocycles. The minimum absolute atomic E-state index is 0.0528. The van der Waals surface area contributed by atoms with Crippen molar-refractivity contribution in [2.45, 2.75) is 77.5 Å². The highest BCUT2D eigenvalue weighted by atomic mass is 16.3. The molecule has 1 spiro atoms. The summed E-state index contributed by atoms with van der Waals surface area (Å²) in [6.45, 7) is 11.8. The summed E-state index contributed by atoms with van der Waals surface area (Å²) < 4.78 is 0. The lowest BCUT2D eigenvalue weighted by Gasteiger charge is -2.56. The lowest BCUT2D eigenvalue weighted by molar-refractivity contribution is -0.158. The predicted molar refractivity (Wildman–Crippen MR) is 101 cm³/mol. The van der Waals surface area contributed by atoms with E-state index in [1.807, 2.05) is 23.6 Å². The fourth-order valence-electron chi connectivity index (χ4n) is 5.23. The molecule has 3 heterocycles. The monoisotopic (exact) mass is 365 g/mol. The smallest absolute Gasteiger partial charge is 0.219 e. The van der Waals surface area contributed by atoms with Crippen LogP contribution < -0.4 is 0 Å². The Hall–Kier alpha value is -1.14. The third-order valence-corrected chi connectivity index (χ3v) is 7.30. The highest BCUT2D eigenvalue weighted by Crippen LogP contribution is 2.45. The van der Waals surface area contributed by atoms with Gasteiger partial charge in [-0.05, 0) is 64.5 Å². The summed E-state index contributed by atoms with van der Waals surface area (Å²) >= 11 is 0. The van der Waals surface area contributed by atoms with Crippen LogP contribution >= 0.6 is 0 Å². The molecule has 0 radical (unpaired) electrons. The van der Waals surface area contributed by atoms with Gasteiger partial charge in [0.2, 0.25) is 11.8 Å². The zero-order valence-corrected chi connectivity index (χ0v) is 16.8. The molecule has 3 fully saturated rings. The summed E-state index contributed by atoms with van der Waals surface area (Å²) in [5.41, 5.74) is -0.426. The molecular formula is C20H35N3O3. The molecule has 1 atom stereocenters. The van der Waals surface area contributed by atoms with E-state index in [1.165, 1.54) is 0 Å². The van der Waals surface area contributed by atoms with Gasteiger partial charge in [0.05, 0.1) is 11.6 Å². The maximum atomic E-state index is 12.2. The van der Waals surface area contributed by atoms with Crippen molar-refractivity contribution in [3.05, 3.63) is 0 Å². The van der Waals surface area contributed by atoms with E-state index in [9.17, 15) is 14.7 Å².